The van der Waals surface area contributed by atoms with Gasteiger partial charge in [-0.1, -0.05) is 30.7 Å². The Morgan fingerprint density at radius 2 is 1.83 bits per heavy atom. The molecule has 0 radical (unpaired) electrons. The fraction of sp³-hybridized carbons (Fsp3) is 0.435. The number of likely N-dealkylation sites (tertiary alicyclic amines) is 1. The number of benzene rings is 2. The molecule has 0 saturated carbocycles. The average molecular weight is 397 g/mol. The van der Waals surface area contributed by atoms with Gasteiger partial charge in [-0.25, -0.2) is 5.84 Å². The summed E-state index contributed by atoms with van der Waals surface area (Å²) >= 11 is 0. The van der Waals surface area contributed by atoms with Gasteiger partial charge >= 0.3 is 0 Å². The van der Waals surface area contributed by atoms with Gasteiger partial charge in [-0.15, -0.1) is 0 Å². The van der Waals surface area contributed by atoms with Crippen molar-refractivity contribution >= 4 is 11.6 Å². The molecule has 2 aromatic carbocycles. The molecule has 1 aliphatic rings. The number of anilines is 1. The molecule has 1 amide bonds. The molecule has 2 aromatic rings. The molecule has 0 aromatic heterocycles. The SMILES string of the molecule is CN(N)c1ccccc1C(=O)NCc1ccc(OCCCN2CCCCC2)cc1. The van der Waals surface area contributed by atoms with Gasteiger partial charge in [0.2, 0.25) is 0 Å². The Kier molecular flexibility index (Phi) is 7.90. The van der Waals surface area contributed by atoms with Crippen molar-refractivity contribution < 1.29 is 9.53 Å². The number of nitrogens with two attached hydrogens (primary N) is 1. The fourth-order valence-electron chi connectivity index (χ4n) is 3.62. The summed E-state index contributed by atoms with van der Waals surface area (Å²) in [6.07, 6.45) is 5.07. The summed E-state index contributed by atoms with van der Waals surface area (Å²) in [7, 11) is 1.72. The lowest BCUT2D eigenvalue weighted by Crippen LogP contribution is -2.31. The van der Waals surface area contributed by atoms with Gasteiger partial charge in [0.1, 0.15) is 5.75 Å². The van der Waals surface area contributed by atoms with Crippen LogP contribution in [0.4, 0.5) is 5.69 Å². The van der Waals surface area contributed by atoms with Gasteiger partial charge in [0.15, 0.2) is 0 Å². The number of rotatable bonds is 9. The van der Waals surface area contributed by atoms with E-state index in [2.05, 4.69) is 10.2 Å². The summed E-state index contributed by atoms with van der Waals surface area (Å²) in [5, 5.41) is 4.40. The van der Waals surface area contributed by atoms with Gasteiger partial charge in [-0.2, -0.15) is 0 Å². The second-order valence-corrected chi connectivity index (χ2v) is 7.56. The largest absolute Gasteiger partial charge is 0.494 e. The third kappa shape index (κ3) is 6.48. The summed E-state index contributed by atoms with van der Waals surface area (Å²) in [4.78, 5) is 15.0. The van der Waals surface area contributed by atoms with Crippen LogP contribution < -0.4 is 20.9 Å². The maximum absolute atomic E-state index is 12.5. The first-order valence-electron chi connectivity index (χ1n) is 10.4. The minimum Gasteiger partial charge on any atom is -0.494 e. The first-order valence-corrected chi connectivity index (χ1v) is 10.4. The van der Waals surface area contributed by atoms with E-state index < -0.39 is 0 Å². The molecule has 1 aliphatic heterocycles. The van der Waals surface area contributed by atoms with Crippen molar-refractivity contribution in [3.05, 3.63) is 59.7 Å². The molecular weight excluding hydrogens is 364 g/mol. The number of hydrogen-bond donors (Lipinski definition) is 2. The molecule has 1 saturated heterocycles. The highest BCUT2D eigenvalue weighted by Gasteiger charge is 2.12. The van der Waals surface area contributed by atoms with Crippen LogP contribution in [-0.4, -0.2) is 44.1 Å². The third-order valence-corrected chi connectivity index (χ3v) is 5.24. The summed E-state index contributed by atoms with van der Waals surface area (Å²) in [6.45, 7) is 4.76. The Hall–Kier alpha value is -2.57. The number of nitrogens with zero attached hydrogens (tertiary/aromatic N) is 2. The molecule has 3 N–H and O–H groups in total. The number of carbonyl (C=O) groups is 1. The van der Waals surface area contributed by atoms with Crippen molar-refractivity contribution in [2.45, 2.75) is 32.2 Å². The smallest absolute Gasteiger partial charge is 0.253 e. The van der Waals surface area contributed by atoms with Crippen LogP contribution in [0.5, 0.6) is 5.75 Å². The van der Waals surface area contributed by atoms with E-state index in [0.29, 0.717) is 17.8 Å². The summed E-state index contributed by atoms with van der Waals surface area (Å²) in [5.41, 5.74) is 2.28. The van der Waals surface area contributed by atoms with Gasteiger partial charge in [-0.3, -0.25) is 4.79 Å². The molecule has 0 unspecified atom stereocenters. The zero-order valence-electron chi connectivity index (χ0n) is 17.3. The van der Waals surface area contributed by atoms with Crippen LogP contribution in [0.2, 0.25) is 0 Å². The van der Waals surface area contributed by atoms with Crippen LogP contribution in [0, 0.1) is 0 Å². The molecule has 1 heterocycles. The zero-order valence-corrected chi connectivity index (χ0v) is 17.3. The van der Waals surface area contributed by atoms with E-state index in [4.69, 9.17) is 10.6 Å². The molecular formula is C23H32N4O2. The Bertz CT molecular complexity index is 771. The number of hydrogen-bond acceptors (Lipinski definition) is 5. The molecule has 29 heavy (non-hydrogen) atoms. The Morgan fingerprint density at radius 1 is 1.10 bits per heavy atom. The quantitative estimate of drug-likeness (QED) is 0.387. The van der Waals surface area contributed by atoms with Crippen molar-refractivity contribution in [1.82, 2.24) is 10.2 Å². The Labute approximate surface area is 173 Å². The number of amides is 1. The van der Waals surface area contributed by atoms with E-state index >= 15 is 0 Å². The number of nitrogens with one attached hydrogen (secondary N) is 1. The van der Waals surface area contributed by atoms with Gasteiger partial charge in [0.05, 0.1) is 17.9 Å². The number of carbonyl (C=O) groups excluding carboxylic acids is 1. The molecule has 1 fully saturated rings. The normalized spacial score (nSPS) is 14.4. The second kappa shape index (κ2) is 10.8. The number of ether oxygens (including phenoxy) is 1. The minimum atomic E-state index is -0.143. The average Bonchev–Trinajstić information content (AvgIpc) is 2.76. The molecule has 0 spiro atoms. The van der Waals surface area contributed by atoms with Crippen LogP contribution in [-0.2, 0) is 6.54 Å². The minimum absolute atomic E-state index is 0.143. The zero-order chi connectivity index (χ0) is 20.5. The van der Waals surface area contributed by atoms with Crippen molar-refractivity contribution in [3.63, 3.8) is 0 Å². The van der Waals surface area contributed by atoms with Crippen LogP contribution in [0.15, 0.2) is 48.5 Å². The van der Waals surface area contributed by atoms with E-state index in [-0.39, 0.29) is 5.91 Å². The highest BCUT2D eigenvalue weighted by molar-refractivity contribution is 5.99. The Morgan fingerprint density at radius 3 is 2.55 bits per heavy atom. The maximum Gasteiger partial charge on any atom is 0.253 e. The van der Waals surface area contributed by atoms with E-state index in [9.17, 15) is 4.79 Å². The lowest BCUT2D eigenvalue weighted by atomic mass is 10.1. The fourth-order valence-corrected chi connectivity index (χ4v) is 3.62. The third-order valence-electron chi connectivity index (χ3n) is 5.24. The summed E-state index contributed by atoms with van der Waals surface area (Å²) in [6, 6.07) is 15.2. The van der Waals surface area contributed by atoms with E-state index in [1.54, 1.807) is 13.1 Å². The lowest BCUT2D eigenvalue weighted by molar-refractivity contribution is 0.0951. The van der Waals surface area contributed by atoms with Gasteiger partial charge in [-0.05, 0) is 62.2 Å². The van der Waals surface area contributed by atoms with Crippen molar-refractivity contribution in [1.29, 1.82) is 0 Å². The molecule has 0 aliphatic carbocycles. The molecule has 3 rings (SSSR count). The van der Waals surface area contributed by atoms with Crippen molar-refractivity contribution in [3.8, 4) is 5.75 Å². The van der Waals surface area contributed by atoms with Gasteiger partial charge in [0, 0.05) is 20.1 Å². The number of hydrazine groups is 1. The topological polar surface area (TPSA) is 70.8 Å². The maximum atomic E-state index is 12.5. The number of piperidine rings is 1. The summed E-state index contributed by atoms with van der Waals surface area (Å²) < 4.78 is 5.86. The number of para-hydroxylation sites is 1. The Balaban J connectivity index is 1.41. The van der Waals surface area contributed by atoms with Crippen LogP contribution in [0.1, 0.15) is 41.6 Å². The second-order valence-electron chi connectivity index (χ2n) is 7.56. The highest BCUT2D eigenvalue weighted by Crippen LogP contribution is 2.17. The van der Waals surface area contributed by atoms with Crippen LogP contribution in [0.25, 0.3) is 0 Å². The standard InChI is InChI=1S/C23H32N4O2/c1-26(24)22-9-4-3-8-21(22)23(28)25-18-19-10-12-20(13-11-19)29-17-7-16-27-14-5-2-6-15-27/h3-4,8-13H,2,5-7,14-18,24H2,1H3,(H,25,28). The van der Waals surface area contributed by atoms with E-state index in [1.165, 1.54) is 37.4 Å². The van der Waals surface area contributed by atoms with E-state index in [1.807, 2.05) is 42.5 Å². The predicted molar refractivity (Wildman–Crippen MR) is 117 cm³/mol. The van der Waals surface area contributed by atoms with Crippen LogP contribution >= 0.6 is 0 Å². The first-order chi connectivity index (χ1) is 14.1. The van der Waals surface area contributed by atoms with Crippen molar-refractivity contribution in [2.24, 2.45) is 5.84 Å². The van der Waals surface area contributed by atoms with Crippen molar-refractivity contribution in [2.75, 3.05) is 38.3 Å². The molecule has 0 atom stereocenters. The summed E-state index contributed by atoms with van der Waals surface area (Å²) in [5.74, 6) is 6.53. The monoisotopic (exact) mass is 396 g/mol. The van der Waals surface area contributed by atoms with E-state index in [0.717, 1.165) is 30.9 Å². The lowest BCUT2D eigenvalue weighted by Gasteiger charge is -2.26. The molecule has 0 bridgehead atoms. The highest BCUT2D eigenvalue weighted by atomic mass is 16.5. The first kappa shape index (κ1) is 21.1. The van der Waals surface area contributed by atoms with Gasteiger partial charge < -0.3 is 20.0 Å². The van der Waals surface area contributed by atoms with Gasteiger partial charge in [0.25, 0.3) is 5.91 Å². The molecule has 6 nitrogen and oxygen atoms in total. The predicted octanol–water partition coefficient (Wildman–Crippen LogP) is 3.18. The molecule has 6 heteroatoms. The van der Waals surface area contributed by atoms with Crippen LogP contribution in [0.3, 0.4) is 0 Å². The molecule has 156 valence electrons.